The number of carbonyl (C=O) groups excluding carboxylic acids is 1. The number of pyridine rings is 1. The molecular formula is C14H7BrF3N3O. The van der Waals surface area contributed by atoms with Gasteiger partial charge in [-0.1, -0.05) is 0 Å². The molecule has 1 N–H and O–H groups in total. The molecule has 1 aromatic heterocycles. The Hall–Kier alpha value is -2.40. The number of anilines is 1. The van der Waals surface area contributed by atoms with Crippen LogP contribution in [0.4, 0.5) is 18.9 Å². The molecule has 22 heavy (non-hydrogen) atoms. The normalized spacial score (nSPS) is 10.9. The highest BCUT2D eigenvalue weighted by Crippen LogP contribution is 2.32. The number of halogens is 4. The van der Waals surface area contributed by atoms with E-state index < -0.39 is 17.6 Å². The first-order chi connectivity index (χ1) is 10.3. The lowest BCUT2D eigenvalue weighted by atomic mass is 10.1. The first-order valence-corrected chi connectivity index (χ1v) is 6.65. The van der Waals surface area contributed by atoms with Crippen LogP contribution in [-0.2, 0) is 6.18 Å². The van der Waals surface area contributed by atoms with Crippen molar-refractivity contribution in [2.24, 2.45) is 0 Å². The van der Waals surface area contributed by atoms with Crippen LogP contribution in [0.3, 0.4) is 0 Å². The molecule has 0 unspecified atom stereocenters. The van der Waals surface area contributed by atoms with Gasteiger partial charge in [0.25, 0.3) is 5.91 Å². The van der Waals surface area contributed by atoms with E-state index in [2.05, 4.69) is 26.2 Å². The van der Waals surface area contributed by atoms with E-state index in [1.165, 1.54) is 18.3 Å². The largest absolute Gasteiger partial charge is 0.416 e. The molecule has 1 aromatic carbocycles. The summed E-state index contributed by atoms with van der Waals surface area (Å²) in [5, 5.41) is 11.2. The minimum Gasteiger partial charge on any atom is -0.322 e. The molecule has 0 aliphatic carbocycles. The molecule has 2 aromatic rings. The number of nitriles is 1. The van der Waals surface area contributed by atoms with Crippen molar-refractivity contribution in [1.82, 2.24) is 4.98 Å². The van der Waals surface area contributed by atoms with E-state index in [0.29, 0.717) is 0 Å². The van der Waals surface area contributed by atoms with Gasteiger partial charge in [-0.3, -0.25) is 4.79 Å². The van der Waals surface area contributed by atoms with Crippen LogP contribution in [0.2, 0.25) is 0 Å². The Morgan fingerprint density at radius 1 is 1.27 bits per heavy atom. The average molecular weight is 370 g/mol. The number of alkyl halides is 3. The number of carbonyl (C=O) groups is 1. The van der Waals surface area contributed by atoms with Gasteiger partial charge in [0.2, 0.25) is 0 Å². The van der Waals surface area contributed by atoms with Gasteiger partial charge in [-0.2, -0.15) is 18.4 Å². The molecule has 1 heterocycles. The monoisotopic (exact) mass is 369 g/mol. The number of benzene rings is 1. The Morgan fingerprint density at radius 3 is 2.64 bits per heavy atom. The van der Waals surface area contributed by atoms with Crippen LogP contribution in [-0.4, -0.2) is 10.9 Å². The lowest BCUT2D eigenvalue weighted by Gasteiger charge is -2.11. The SMILES string of the molecule is N#Cc1cc(NC(=O)c2cc(C(F)(F)F)ccc2Br)ccn1. The summed E-state index contributed by atoms with van der Waals surface area (Å²) in [6.45, 7) is 0. The molecule has 0 spiro atoms. The molecule has 112 valence electrons. The van der Waals surface area contributed by atoms with Gasteiger partial charge >= 0.3 is 6.18 Å². The molecule has 0 atom stereocenters. The fraction of sp³-hybridized carbons (Fsp3) is 0.0714. The standard InChI is InChI=1S/C14H7BrF3N3O/c15-12-2-1-8(14(16,17)18)5-11(12)13(22)21-9-3-4-20-10(6-9)7-19/h1-6H,(H,20,21,22). The van der Waals surface area contributed by atoms with Crippen LogP contribution >= 0.6 is 15.9 Å². The fourth-order valence-corrected chi connectivity index (χ4v) is 2.07. The molecule has 0 bridgehead atoms. The molecule has 4 nitrogen and oxygen atoms in total. The number of nitrogens with one attached hydrogen (secondary N) is 1. The van der Waals surface area contributed by atoms with E-state index in [4.69, 9.17) is 5.26 Å². The van der Waals surface area contributed by atoms with Crippen molar-refractivity contribution in [1.29, 1.82) is 5.26 Å². The minimum atomic E-state index is -4.54. The van der Waals surface area contributed by atoms with E-state index in [1.807, 2.05) is 0 Å². The third-order valence-corrected chi connectivity index (χ3v) is 3.36. The maximum Gasteiger partial charge on any atom is 0.416 e. The summed E-state index contributed by atoms with van der Waals surface area (Å²) in [5.74, 6) is -0.729. The second kappa shape index (κ2) is 6.15. The molecule has 1 amide bonds. The highest BCUT2D eigenvalue weighted by molar-refractivity contribution is 9.10. The van der Waals surface area contributed by atoms with E-state index in [-0.39, 0.29) is 21.4 Å². The van der Waals surface area contributed by atoms with Crippen molar-refractivity contribution in [2.75, 3.05) is 5.32 Å². The summed E-state index contributed by atoms with van der Waals surface area (Å²) in [6.07, 6.45) is -3.23. The zero-order valence-corrected chi connectivity index (χ0v) is 12.4. The first-order valence-electron chi connectivity index (χ1n) is 5.85. The highest BCUT2D eigenvalue weighted by Gasteiger charge is 2.31. The lowest BCUT2D eigenvalue weighted by molar-refractivity contribution is -0.137. The topological polar surface area (TPSA) is 65.8 Å². The van der Waals surface area contributed by atoms with Crippen molar-refractivity contribution in [3.8, 4) is 6.07 Å². The van der Waals surface area contributed by atoms with Crippen molar-refractivity contribution >= 4 is 27.5 Å². The Kier molecular flexibility index (Phi) is 4.47. The quantitative estimate of drug-likeness (QED) is 0.870. The van der Waals surface area contributed by atoms with Gasteiger partial charge in [-0.25, -0.2) is 4.98 Å². The molecule has 0 saturated carbocycles. The van der Waals surface area contributed by atoms with Gasteiger partial charge in [0.15, 0.2) is 0 Å². The molecule has 0 radical (unpaired) electrons. The van der Waals surface area contributed by atoms with E-state index in [1.54, 1.807) is 6.07 Å². The summed E-state index contributed by atoms with van der Waals surface area (Å²) in [6, 6.07) is 7.34. The zero-order valence-electron chi connectivity index (χ0n) is 10.8. The molecule has 0 aliphatic rings. The van der Waals surface area contributed by atoms with Crippen LogP contribution in [0.15, 0.2) is 41.0 Å². The fourth-order valence-electron chi connectivity index (χ4n) is 1.64. The van der Waals surface area contributed by atoms with Gasteiger partial charge in [0, 0.05) is 16.4 Å². The van der Waals surface area contributed by atoms with Gasteiger partial charge in [0.1, 0.15) is 11.8 Å². The Labute approximate surface area is 131 Å². The summed E-state index contributed by atoms with van der Waals surface area (Å²) >= 11 is 3.05. The van der Waals surface area contributed by atoms with E-state index >= 15 is 0 Å². The number of aromatic nitrogens is 1. The summed E-state index contributed by atoms with van der Waals surface area (Å²) < 4.78 is 38.3. The minimum absolute atomic E-state index is 0.0842. The average Bonchev–Trinajstić information content (AvgIpc) is 2.46. The molecule has 0 saturated heterocycles. The highest BCUT2D eigenvalue weighted by atomic mass is 79.9. The third-order valence-electron chi connectivity index (χ3n) is 2.67. The van der Waals surface area contributed by atoms with Gasteiger partial charge in [-0.05, 0) is 46.3 Å². The number of amides is 1. The third kappa shape index (κ3) is 3.62. The van der Waals surface area contributed by atoms with Crippen LogP contribution in [0.1, 0.15) is 21.6 Å². The van der Waals surface area contributed by atoms with Crippen LogP contribution in [0.5, 0.6) is 0 Å². The second-order valence-corrected chi connectivity index (χ2v) is 5.04. The molecule has 0 aliphatic heterocycles. The summed E-state index contributed by atoms with van der Waals surface area (Å²) in [7, 11) is 0. The van der Waals surface area contributed by atoms with Gasteiger partial charge < -0.3 is 5.32 Å². The number of hydrogen-bond donors (Lipinski definition) is 1. The molecular weight excluding hydrogens is 363 g/mol. The van der Waals surface area contributed by atoms with Crippen molar-refractivity contribution in [3.63, 3.8) is 0 Å². The van der Waals surface area contributed by atoms with Crippen molar-refractivity contribution < 1.29 is 18.0 Å². The number of hydrogen-bond acceptors (Lipinski definition) is 3. The van der Waals surface area contributed by atoms with Crippen molar-refractivity contribution in [3.05, 3.63) is 57.8 Å². The maximum atomic E-state index is 12.7. The van der Waals surface area contributed by atoms with Gasteiger partial charge in [0.05, 0.1) is 11.1 Å². The Balaban J connectivity index is 2.31. The lowest BCUT2D eigenvalue weighted by Crippen LogP contribution is -2.15. The van der Waals surface area contributed by atoms with E-state index in [9.17, 15) is 18.0 Å². The smallest absolute Gasteiger partial charge is 0.322 e. The predicted molar refractivity (Wildman–Crippen MR) is 76.0 cm³/mol. The molecule has 2 rings (SSSR count). The Morgan fingerprint density at radius 2 is 2.00 bits per heavy atom. The van der Waals surface area contributed by atoms with Crippen molar-refractivity contribution in [2.45, 2.75) is 6.18 Å². The van der Waals surface area contributed by atoms with Crippen LogP contribution < -0.4 is 5.32 Å². The first kappa shape index (κ1) is 16.0. The van der Waals surface area contributed by atoms with Gasteiger partial charge in [-0.15, -0.1) is 0 Å². The zero-order chi connectivity index (χ0) is 16.3. The summed E-state index contributed by atoms with van der Waals surface area (Å²) in [5.41, 5.74) is -0.736. The Bertz CT molecular complexity index is 769. The van der Waals surface area contributed by atoms with Crippen LogP contribution in [0, 0.1) is 11.3 Å². The predicted octanol–water partition coefficient (Wildman–Crippen LogP) is 3.99. The molecule has 8 heteroatoms. The summed E-state index contributed by atoms with van der Waals surface area (Å²) in [4.78, 5) is 15.8. The molecule has 0 fully saturated rings. The van der Waals surface area contributed by atoms with E-state index in [0.717, 1.165) is 18.2 Å². The second-order valence-electron chi connectivity index (χ2n) is 4.19. The maximum absolute atomic E-state index is 12.7. The number of rotatable bonds is 2. The van der Waals surface area contributed by atoms with Crippen LogP contribution in [0.25, 0.3) is 0 Å². The number of nitrogens with zero attached hydrogens (tertiary/aromatic N) is 2.